The van der Waals surface area contributed by atoms with Gasteiger partial charge in [0.05, 0.1) is 11.4 Å². The number of H-pyrrole nitrogens is 1. The van der Waals surface area contributed by atoms with E-state index in [2.05, 4.69) is 10.2 Å². The lowest BCUT2D eigenvalue weighted by molar-refractivity contribution is -0.138. The summed E-state index contributed by atoms with van der Waals surface area (Å²) in [4.78, 5) is 11.1. The molecule has 0 aliphatic carbocycles. The lowest BCUT2D eigenvalue weighted by Crippen LogP contribution is -2.08. The Bertz CT molecular complexity index is 557. The number of fused-ring (bicyclic) bond motifs is 1. The number of carbonyl (C=O) groups is 1. The van der Waals surface area contributed by atoms with Crippen molar-refractivity contribution < 1.29 is 9.90 Å². The highest BCUT2D eigenvalue weighted by atomic mass is 16.4. The van der Waals surface area contributed by atoms with E-state index in [0.717, 1.165) is 27.7 Å². The minimum atomic E-state index is -0.812. The van der Waals surface area contributed by atoms with Crippen LogP contribution in [0.15, 0.2) is 12.1 Å². The van der Waals surface area contributed by atoms with E-state index in [1.807, 2.05) is 26.0 Å². The molecule has 0 fully saturated rings. The predicted molar refractivity (Wildman–Crippen MR) is 61.6 cm³/mol. The molecule has 1 aromatic carbocycles. The summed E-state index contributed by atoms with van der Waals surface area (Å²) < 4.78 is 0. The molecule has 0 saturated heterocycles. The number of nitrogens with zero attached hydrogens (tertiary/aromatic N) is 1. The summed E-state index contributed by atoms with van der Waals surface area (Å²) >= 11 is 0. The van der Waals surface area contributed by atoms with E-state index in [1.165, 1.54) is 0 Å². The normalized spacial score (nSPS) is 12.9. The maximum absolute atomic E-state index is 11.1. The minimum absolute atomic E-state index is 0.515. The second-order valence-corrected chi connectivity index (χ2v) is 4.16. The highest BCUT2D eigenvalue weighted by Gasteiger charge is 2.19. The summed E-state index contributed by atoms with van der Waals surface area (Å²) in [5.41, 5.74) is 3.61. The molecule has 0 saturated carbocycles. The van der Waals surface area contributed by atoms with Crippen LogP contribution in [-0.4, -0.2) is 21.3 Å². The lowest BCUT2D eigenvalue weighted by Gasteiger charge is -2.09. The molecule has 2 aromatic rings. The topological polar surface area (TPSA) is 66.0 Å². The molecule has 0 amide bonds. The zero-order valence-electron chi connectivity index (χ0n) is 9.53. The first-order valence-corrected chi connectivity index (χ1v) is 5.18. The van der Waals surface area contributed by atoms with Gasteiger partial charge in [-0.25, -0.2) is 0 Å². The molecule has 2 rings (SSSR count). The molecule has 0 radical (unpaired) electrons. The maximum Gasteiger partial charge on any atom is 0.310 e. The third-order valence-corrected chi connectivity index (χ3v) is 2.85. The number of hydrogen-bond donors (Lipinski definition) is 2. The van der Waals surface area contributed by atoms with Crippen molar-refractivity contribution in [3.8, 4) is 0 Å². The van der Waals surface area contributed by atoms with Crippen molar-refractivity contribution >= 4 is 16.9 Å². The summed E-state index contributed by atoms with van der Waals surface area (Å²) in [5.74, 6) is -1.33. The summed E-state index contributed by atoms with van der Waals surface area (Å²) in [6, 6.07) is 3.88. The molecule has 0 bridgehead atoms. The number of aliphatic carboxylic acids is 1. The largest absolute Gasteiger partial charge is 0.481 e. The van der Waals surface area contributed by atoms with Gasteiger partial charge in [-0.2, -0.15) is 5.10 Å². The number of benzene rings is 1. The van der Waals surface area contributed by atoms with Crippen molar-refractivity contribution in [1.82, 2.24) is 10.2 Å². The molecule has 0 aliphatic rings. The van der Waals surface area contributed by atoms with Gasteiger partial charge in [0.15, 0.2) is 0 Å². The summed E-state index contributed by atoms with van der Waals surface area (Å²) in [6.45, 7) is 5.55. The first-order chi connectivity index (χ1) is 7.50. The Hall–Kier alpha value is -1.84. The van der Waals surface area contributed by atoms with E-state index >= 15 is 0 Å². The smallest absolute Gasteiger partial charge is 0.310 e. The molecule has 1 unspecified atom stereocenters. The third kappa shape index (κ3) is 1.56. The van der Waals surface area contributed by atoms with Crippen molar-refractivity contribution in [2.75, 3.05) is 0 Å². The molecule has 1 heterocycles. The number of hydrogen-bond acceptors (Lipinski definition) is 2. The van der Waals surface area contributed by atoms with Crippen LogP contribution in [0.25, 0.3) is 10.9 Å². The number of carboxylic acids is 1. The number of carboxylic acid groups (broad SMARTS) is 1. The predicted octanol–water partition coefficient (Wildman–Crippen LogP) is 2.37. The van der Waals surface area contributed by atoms with Crippen LogP contribution in [0, 0.1) is 13.8 Å². The van der Waals surface area contributed by atoms with E-state index in [-0.39, 0.29) is 0 Å². The van der Waals surface area contributed by atoms with E-state index in [9.17, 15) is 4.79 Å². The zero-order valence-corrected chi connectivity index (χ0v) is 9.53. The molecule has 16 heavy (non-hydrogen) atoms. The van der Waals surface area contributed by atoms with Crippen molar-refractivity contribution in [3.05, 3.63) is 29.0 Å². The Balaban J connectivity index is 2.75. The van der Waals surface area contributed by atoms with Crippen molar-refractivity contribution in [1.29, 1.82) is 0 Å². The second-order valence-electron chi connectivity index (χ2n) is 4.16. The van der Waals surface area contributed by atoms with Crippen molar-refractivity contribution in [3.63, 3.8) is 0 Å². The van der Waals surface area contributed by atoms with Gasteiger partial charge in [-0.3, -0.25) is 9.89 Å². The fraction of sp³-hybridized carbons (Fsp3) is 0.333. The minimum Gasteiger partial charge on any atom is -0.481 e. The average molecular weight is 218 g/mol. The number of aromatic amines is 1. The standard InChI is InChI=1S/C12H14N2O2/c1-6-4-9(7(2)12(15)16)11-8(3)13-14-10(11)5-6/h4-5,7H,1-3H3,(H,13,14)(H,15,16). The van der Waals surface area contributed by atoms with Crippen LogP contribution < -0.4 is 0 Å². The number of nitrogens with one attached hydrogen (secondary N) is 1. The summed E-state index contributed by atoms with van der Waals surface area (Å²) in [6.07, 6.45) is 0. The van der Waals surface area contributed by atoms with Gasteiger partial charge in [0.25, 0.3) is 0 Å². The first-order valence-electron chi connectivity index (χ1n) is 5.18. The van der Waals surface area contributed by atoms with E-state index in [0.29, 0.717) is 0 Å². The van der Waals surface area contributed by atoms with Crippen LogP contribution in [-0.2, 0) is 4.79 Å². The fourth-order valence-electron chi connectivity index (χ4n) is 1.97. The van der Waals surface area contributed by atoms with Crippen LogP contribution >= 0.6 is 0 Å². The van der Waals surface area contributed by atoms with Gasteiger partial charge < -0.3 is 5.11 Å². The molecule has 84 valence electrons. The van der Waals surface area contributed by atoms with Crippen molar-refractivity contribution in [2.24, 2.45) is 0 Å². The van der Waals surface area contributed by atoms with E-state index < -0.39 is 11.9 Å². The Morgan fingerprint density at radius 3 is 2.75 bits per heavy atom. The van der Waals surface area contributed by atoms with Gasteiger partial charge in [0.1, 0.15) is 0 Å². The third-order valence-electron chi connectivity index (χ3n) is 2.85. The van der Waals surface area contributed by atoms with Gasteiger partial charge in [-0.05, 0) is 38.0 Å². The molecule has 2 N–H and O–H groups in total. The SMILES string of the molecule is Cc1cc(C(C)C(=O)O)c2c(C)[nH]nc2c1. The number of rotatable bonds is 2. The summed E-state index contributed by atoms with van der Waals surface area (Å²) in [7, 11) is 0. The molecule has 4 nitrogen and oxygen atoms in total. The highest BCUT2D eigenvalue weighted by molar-refractivity contribution is 5.90. The van der Waals surface area contributed by atoms with Gasteiger partial charge in [0, 0.05) is 11.1 Å². The van der Waals surface area contributed by atoms with Gasteiger partial charge in [0.2, 0.25) is 0 Å². The molecule has 0 spiro atoms. The molecule has 1 atom stereocenters. The number of aryl methyl sites for hydroxylation is 2. The summed E-state index contributed by atoms with van der Waals surface area (Å²) in [5, 5.41) is 17.1. The number of aromatic nitrogens is 2. The Labute approximate surface area is 93.3 Å². The van der Waals surface area contributed by atoms with E-state index in [4.69, 9.17) is 5.11 Å². The molecule has 0 aliphatic heterocycles. The molecule has 1 aromatic heterocycles. The zero-order chi connectivity index (χ0) is 11.9. The Morgan fingerprint density at radius 2 is 2.12 bits per heavy atom. The van der Waals surface area contributed by atoms with Crippen LogP contribution in [0.4, 0.5) is 0 Å². The maximum atomic E-state index is 11.1. The monoisotopic (exact) mass is 218 g/mol. The Kier molecular flexibility index (Phi) is 2.42. The first kappa shape index (κ1) is 10.7. The molecular formula is C12H14N2O2. The van der Waals surface area contributed by atoms with Crippen LogP contribution in [0.1, 0.15) is 29.7 Å². The van der Waals surface area contributed by atoms with E-state index in [1.54, 1.807) is 6.92 Å². The molecular weight excluding hydrogens is 204 g/mol. The van der Waals surface area contributed by atoms with Crippen LogP contribution in [0.5, 0.6) is 0 Å². The Morgan fingerprint density at radius 1 is 1.44 bits per heavy atom. The highest BCUT2D eigenvalue weighted by Crippen LogP contribution is 2.28. The van der Waals surface area contributed by atoms with Gasteiger partial charge in [-0.1, -0.05) is 6.07 Å². The van der Waals surface area contributed by atoms with Gasteiger partial charge >= 0.3 is 5.97 Å². The van der Waals surface area contributed by atoms with Crippen molar-refractivity contribution in [2.45, 2.75) is 26.7 Å². The lowest BCUT2D eigenvalue weighted by atomic mass is 9.94. The molecule has 4 heteroatoms. The second kappa shape index (κ2) is 3.63. The quantitative estimate of drug-likeness (QED) is 0.813. The van der Waals surface area contributed by atoms with Crippen LogP contribution in [0.3, 0.4) is 0 Å². The fourth-order valence-corrected chi connectivity index (χ4v) is 1.97. The average Bonchev–Trinajstić information content (AvgIpc) is 2.58. The van der Waals surface area contributed by atoms with Crippen LogP contribution in [0.2, 0.25) is 0 Å². The van der Waals surface area contributed by atoms with Gasteiger partial charge in [-0.15, -0.1) is 0 Å².